The lowest BCUT2D eigenvalue weighted by molar-refractivity contribution is -0.123. The SMILES string of the molecule is O=C(CCC1C2CC3CC(C2)CC1C3)C1CCNC1. The van der Waals surface area contributed by atoms with Crippen LogP contribution in [-0.4, -0.2) is 18.9 Å². The average molecular weight is 261 g/mol. The minimum Gasteiger partial charge on any atom is -0.316 e. The normalized spacial score (nSPS) is 47.8. The fraction of sp³-hybridized carbons (Fsp3) is 0.941. The molecule has 0 aromatic heterocycles. The van der Waals surface area contributed by atoms with Gasteiger partial charge in [-0.15, -0.1) is 0 Å². The molecule has 5 aliphatic rings. The van der Waals surface area contributed by atoms with Gasteiger partial charge in [-0.1, -0.05) is 0 Å². The van der Waals surface area contributed by atoms with Crippen molar-refractivity contribution in [2.45, 2.75) is 51.4 Å². The number of ketones is 1. The van der Waals surface area contributed by atoms with E-state index in [0.717, 1.165) is 55.5 Å². The van der Waals surface area contributed by atoms with Gasteiger partial charge in [0.15, 0.2) is 0 Å². The van der Waals surface area contributed by atoms with Crippen molar-refractivity contribution in [3.8, 4) is 0 Å². The molecule has 0 aromatic rings. The van der Waals surface area contributed by atoms with Gasteiger partial charge in [-0.05, 0) is 81.1 Å². The third kappa shape index (κ3) is 2.26. The topological polar surface area (TPSA) is 29.1 Å². The highest BCUT2D eigenvalue weighted by Gasteiger charge is 2.47. The van der Waals surface area contributed by atoms with Gasteiger partial charge in [0.1, 0.15) is 5.78 Å². The van der Waals surface area contributed by atoms with Crippen LogP contribution in [0, 0.1) is 35.5 Å². The van der Waals surface area contributed by atoms with E-state index in [1.807, 2.05) is 0 Å². The summed E-state index contributed by atoms with van der Waals surface area (Å²) in [5.74, 6) is 5.92. The van der Waals surface area contributed by atoms with Crippen LogP contribution >= 0.6 is 0 Å². The van der Waals surface area contributed by atoms with E-state index >= 15 is 0 Å². The van der Waals surface area contributed by atoms with E-state index in [9.17, 15) is 4.79 Å². The second-order valence-corrected chi connectivity index (χ2v) is 7.79. The minimum atomic E-state index is 0.344. The number of hydrogen-bond donors (Lipinski definition) is 1. The third-order valence-electron chi connectivity index (χ3n) is 6.66. The molecule has 4 aliphatic carbocycles. The first-order valence-electron chi connectivity index (χ1n) is 8.53. The molecule has 0 radical (unpaired) electrons. The van der Waals surface area contributed by atoms with Gasteiger partial charge in [-0.25, -0.2) is 0 Å². The first kappa shape index (κ1) is 12.4. The summed E-state index contributed by atoms with van der Waals surface area (Å²) in [6.07, 6.45) is 10.7. The molecule has 1 N–H and O–H groups in total. The fourth-order valence-electron chi connectivity index (χ4n) is 5.95. The molecule has 1 saturated heterocycles. The standard InChI is InChI=1S/C17H27NO/c19-17(13-3-4-18-10-13)2-1-16-14-6-11-5-12(8-14)9-15(16)7-11/h11-16,18H,1-10H2. The molecular formula is C17H27NO. The first-order chi connectivity index (χ1) is 9.29. The van der Waals surface area contributed by atoms with E-state index < -0.39 is 0 Å². The van der Waals surface area contributed by atoms with Gasteiger partial charge in [0, 0.05) is 18.9 Å². The summed E-state index contributed by atoms with van der Waals surface area (Å²) in [5.41, 5.74) is 0. The maximum atomic E-state index is 12.2. The summed E-state index contributed by atoms with van der Waals surface area (Å²) in [7, 11) is 0. The summed E-state index contributed by atoms with van der Waals surface area (Å²) in [6, 6.07) is 0. The summed E-state index contributed by atoms with van der Waals surface area (Å²) < 4.78 is 0. The van der Waals surface area contributed by atoms with Crippen molar-refractivity contribution < 1.29 is 4.79 Å². The molecule has 5 fully saturated rings. The number of nitrogens with one attached hydrogen (secondary N) is 1. The Bertz CT molecular complexity index is 330. The lowest BCUT2D eigenvalue weighted by Crippen LogP contribution is -2.45. The van der Waals surface area contributed by atoms with Crippen LogP contribution in [0.3, 0.4) is 0 Å². The molecule has 2 nitrogen and oxygen atoms in total. The molecule has 0 aromatic carbocycles. The minimum absolute atomic E-state index is 0.344. The number of carbonyl (C=O) groups excluding carboxylic acids is 1. The van der Waals surface area contributed by atoms with Crippen molar-refractivity contribution in [2.75, 3.05) is 13.1 Å². The highest BCUT2D eigenvalue weighted by atomic mass is 16.1. The van der Waals surface area contributed by atoms with Crippen molar-refractivity contribution in [3.05, 3.63) is 0 Å². The predicted molar refractivity (Wildman–Crippen MR) is 75.8 cm³/mol. The molecule has 1 aliphatic heterocycles. The Hall–Kier alpha value is -0.370. The van der Waals surface area contributed by atoms with Gasteiger partial charge in [-0.3, -0.25) is 4.79 Å². The van der Waals surface area contributed by atoms with Crippen LogP contribution in [0.2, 0.25) is 0 Å². The Balaban J connectivity index is 1.34. The highest BCUT2D eigenvalue weighted by molar-refractivity contribution is 5.81. The largest absolute Gasteiger partial charge is 0.316 e. The fourth-order valence-corrected chi connectivity index (χ4v) is 5.95. The molecule has 5 rings (SSSR count). The lowest BCUT2D eigenvalue weighted by atomic mass is 9.51. The molecule has 0 amide bonds. The van der Waals surface area contributed by atoms with Crippen LogP contribution in [0.15, 0.2) is 0 Å². The van der Waals surface area contributed by atoms with Gasteiger partial charge in [0.2, 0.25) is 0 Å². The number of hydrogen-bond acceptors (Lipinski definition) is 2. The highest BCUT2D eigenvalue weighted by Crippen LogP contribution is 2.57. The van der Waals surface area contributed by atoms with E-state index in [1.165, 1.54) is 38.5 Å². The first-order valence-corrected chi connectivity index (χ1v) is 8.53. The van der Waals surface area contributed by atoms with Crippen molar-refractivity contribution >= 4 is 5.78 Å². The van der Waals surface area contributed by atoms with Crippen molar-refractivity contribution in [1.82, 2.24) is 5.32 Å². The van der Waals surface area contributed by atoms with Gasteiger partial charge in [0.25, 0.3) is 0 Å². The Labute approximate surface area is 116 Å². The zero-order valence-corrected chi connectivity index (χ0v) is 11.9. The lowest BCUT2D eigenvalue weighted by Gasteiger charge is -2.54. The molecule has 4 bridgehead atoms. The van der Waals surface area contributed by atoms with Crippen LogP contribution in [0.4, 0.5) is 0 Å². The van der Waals surface area contributed by atoms with E-state index in [0.29, 0.717) is 11.7 Å². The van der Waals surface area contributed by atoms with Gasteiger partial charge in [-0.2, -0.15) is 0 Å². The number of Topliss-reactive ketones (excluding diaryl/α,β-unsaturated/α-hetero) is 1. The molecule has 0 spiro atoms. The molecule has 1 heterocycles. The predicted octanol–water partition coefficient (Wildman–Crippen LogP) is 3.02. The van der Waals surface area contributed by atoms with E-state index in [-0.39, 0.29) is 0 Å². The molecule has 19 heavy (non-hydrogen) atoms. The summed E-state index contributed by atoms with van der Waals surface area (Å²) >= 11 is 0. The van der Waals surface area contributed by atoms with E-state index in [2.05, 4.69) is 5.32 Å². The maximum Gasteiger partial charge on any atom is 0.137 e. The van der Waals surface area contributed by atoms with Crippen LogP contribution in [0.5, 0.6) is 0 Å². The Kier molecular flexibility index (Phi) is 3.17. The molecular weight excluding hydrogens is 234 g/mol. The Morgan fingerprint density at radius 1 is 1.00 bits per heavy atom. The van der Waals surface area contributed by atoms with Crippen molar-refractivity contribution in [2.24, 2.45) is 35.5 Å². The smallest absolute Gasteiger partial charge is 0.137 e. The molecule has 1 atom stereocenters. The van der Waals surface area contributed by atoms with Crippen molar-refractivity contribution in [3.63, 3.8) is 0 Å². The average Bonchev–Trinajstić information content (AvgIpc) is 2.90. The molecule has 4 saturated carbocycles. The summed E-state index contributed by atoms with van der Waals surface area (Å²) in [6.45, 7) is 1.99. The second-order valence-electron chi connectivity index (χ2n) is 7.79. The zero-order valence-electron chi connectivity index (χ0n) is 11.9. The van der Waals surface area contributed by atoms with Gasteiger partial charge in [0.05, 0.1) is 0 Å². The Morgan fingerprint density at radius 3 is 2.26 bits per heavy atom. The monoisotopic (exact) mass is 261 g/mol. The van der Waals surface area contributed by atoms with Crippen LogP contribution < -0.4 is 5.32 Å². The van der Waals surface area contributed by atoms with Gasteiger partial charge >= 0.3 is 0 Å². The summed E-state index contributed by atoms with van der Waals surface area (Å²) in [5, 5.41) is 3.32. The quantitative estimate of drug-likeness (QED) is 0.843. The van der Waals surface area contributed by atoms with Crippen LogP contribution in [0.1, 0.15) is 51.4 Å². The Morgan fingerprint density at radius 2 is 1.68 bits per heavy atom. The van der Waals surface area contributed by atoms with Gasteiger partial charge < -0.3 is 5.32 Å². The molecule has 106 valence electrons. The van der Waals surface area contributed by atoms with Crippen LogP contribution in [0.25, 0.3) is 0 Å². The molecule has 2 heteroatoms. The van der Waals surface area contributed by atoms with Crippen LogP contribution in [-0.2, 0) is 4.79 Å². The maximum absolute atomic E-state index is 12.2. The van der Waals surface area contributed by atoms with Crippen molar-refractivity contribution in [1.29, 1.82) is 0 Å². The zero-order chi connectivity index (χ0) is 12.8. The second kappa shape index (κ2) is 4.87. The number of rotatable bonds is 4. The summed E-state index contributed by atoms with van der Waals surface area (Å²) in [4.78, 5) is 12.2. The number of carbonyl (C=O) groups is 1. The third-order valence-corrected chi connectivity index (χ3v) is 6.66. The molecule has 1 unspecified atom stereocenters. The van der Waals surface area contributed by atoms with E-state index in [4.69, 9.17) is 0 Å². The van der Waals surface area contributed by atoms with E-state index in [1.54, 1.807) is 0 Å².